The molecule has 0 amide bonds. The van der Waals surface area contributed by atoms with Gasteiger partial charge in [-0.05, 0) is 117 Å². The van der Waals surface area contributed by atoms with Gasteiger partial charge < -0.3 is 14.5 Å². The molecule has 0 atom stereocenters. The predicted octanol–water partition coefficient (Wildman–Crippen LogP) is 9.21. The van der Waals surface area contributed by atoms with Gasteiger partial charge in [-0.3, -0.25) is 4.79 Å². The number of anilines is 5. The van der Waals surface area contributed by atoms with E-state index >= 15 is 0 Å². The van der Waals surface area contributed by atoms with Crippen LogP contribution in [0.4, 0.5) is 28.4 Å². The SMILES string of the molecule is COc1ccc(N(c2ccc(N(c3ccc(C=O)cc3)c3cccc(C(C)(C)C)c3)cc2)C(C)(C)C)cc1. The van der Waals surface area contributed by atoms with E-state index in [1.807, 2.05) is 36.4 Å². The molecule has 4 nitrogen and oxygen atoms in total. The summed E-state index contributed by atoms with van der Waals surface area (Å²) in [5.74, 6) is 0.840. The maximum atomic E-state index is 11.3. The molecule has 0 radical (unpaired) electrons. The van der Waals surface area contributed by atoms with E-state index in [9.17, 15) is 4.79 Å². The predicted molar refractivity (Wildman–Crippen MR) is 160 cm³/mol. The van der Waals surface area contributed by atoms with Crippen LogP contribution in [0.3, 0.4) is 0 Å². The third-order valence-electron chi connectivity index (χ3n) is 6.63. The van der Waals surface area contributed by atoms with E-state index in [1.54, 1.807) is 7.11 Å². The first kappa shape index (κ1) is 27.0. The molecule has 196 valence electrons. The van der Waals surface area contributed by atoms with Gasteiger partial charge in [0.25, 0.3) is 0 Å². The summed E-state index contributed by atoms with van der Waals surface area (Å²) in [6, 6.07) is 33.2. The summed E-state index contributed by atoms with van der Waals surface area (Å²) in [4.78, 5) is 15.9. The van der Waals surface area contributed by atoms with Crippen molar-refractivity contribution in [1.29, 1.82) is 0 Å². The molecule has 4 heteroatoms. The summed E-state index contributed by atoms with van der Waals surface area (Å²) in [6.07, 6.45) is 0.878. The topological polar surface area (TPSA) is 32.8 Å². The fraction of sp³-hybridized carbons (Fsp3) is 0.265. The second kappa shape index (κ2) is 10.7. The van der Waals surface area contributed by atoms with Gasteiger partial charge in [0.05, 0.1) is 7.11 Å². The summed E-state index contributed by atoms with van der Waals surface area (Å²) >= 11 is 0. The lowest BCUT2D eigenvalue weighted by Gasteiger charge is -2.38. The first-order valence-corrected chi connectivity index (χ1v) is 13.0. The molecule has 0 unspecified atom stereocenters. The summed E-state index contributed by atoms with van der Waals surface area (Å²) in [5.41, 5.74) is 7.13. The highest BCUT2D eigenvalue weighted by atomic mass is 16.5. The Morgan fingerprint density at radius 3 is 1.61 bits per heavy atom. The van der Waals surface area contributed by atoms with Crippen LogP contribution in [0.25, 0.3) is 0 Å². The van der Waals surface area contributed by atoms with Gasteiger partial charge in [0.15, 0.2) is 0 Å². The molecule has 0 saturated carbocycles. The lowest BCUT2D eigenvalue weighted by Crippen LogP contribution is -2.37. The van der Waals surface area contributed by atoms with Crippen LogP contribution in [0.5, 0.6) is 5.75 Å². The highest BCUT2D eigenvalue weighted by Gasteiger charge is 2.24. The average Bonchev–Trinajstić information content (AvgIpc) is 2.89. The van der Waals surface area contributed by atoms with Crippen molar-refractivity contribution in [2.45, 2.75) is 52.5 Å². The zero-order chi connectivity index (χ0) is 27.5. The van der Waals surface area contributed by atoms with E-state index in [0.717, 1.165) is 40.5 Å². The van der Waals surface area contributed by atoms with Gasteiger partial charge >= 0.3 is 0 Å². The first-order chi connectivity index (χ1) is 18.0. The van der Waals surface area contributed by atoms with E-state index in [1.165, 1.54) is 5.56 Å². The maximum Gasteiger partial charge on any atom is 0.150 e. The summed E-state index contributed by atoms with van der Waals surface area (Å²) in [6.45, 7) is 13.3. The molecule has 4 aromatic rings. The first-order valence-electron chi connectivity index (χ1n) is 13.0. The minimum Gasteiger partial charge on any atom is -0.497 e. The minimum absolute atomic E-state index is 0.0263. The summed E-state index contributed by atoms with van der Waals surface area (Å²) in [7, 11) is 1.69. The number of nitrogens with zero attached hydrogens (tertiary/aromatic N) is 2. The van der Waals surface area contributed by atoms with Gasteiger partial charge in [-0.1, -0.05) is 32.9 Å². The average molecular weight is 507 g/mol. The Kier molecular flexibility index (Phi) is 7.63. The zero-order valence-corrected chi connectivity index (χ0v) is 23.5. The minimum atomic E-state index is -0.137. The smallest absolute Gasteiger partial charge is 0.150 e. The Bertz CT molecular complexity index is 1360. The van der Waals surface area contributed by atoms with E-state index in [-0.39, 0.29) is 11.0 Å². The fourth-order valence-electron chi connectivity index (χ4n) is 4.67. The monoisotopic (exact) mass is 506 g/mol. The number of carbonyl (C=O) groups is 1. The Hall–Kier alpha value is -4.05. The van der Waals surface area contributed by atoms with Crippen molar-refractivity contribution < 1.29 is 9.53 Å². The highest BCUT2D eigenvalue weighted by Crippen LogP contribution is 2.39. The third-order valence-corrected chi connectivity index (χ3v) is 6.63. The number of aldehydes is 1. The number of methoxy groups -OCH3 is 1. The van der Waals surface area contributed by atoms with E-state index in [0.29, 0.717) is 5.56 Å². The molecular formula is C34H38N2O2. The second-order valence-electron chi connectivity index (χ2n) is 11.6. The van der Waals surface area contributed by atoms with Crippen LogP contribution in [-0.4, -0.2) is 18.9 Å². The fourth-order valence-corrected chi connectivity index (χ4v) is 4.67. The van der Waals surface area contributed by atoms with Gasteiger partial charge in [-0.15, -0.1) is 0 Å². The normalized spacial score (nSPS) is 11.7. The standard InChI is InChI=1S/C34H38N2O2/c1-33(2,3)26-9-8-10-31(23-26)35(27-13-11-25(24-37)12-14-27)28-15-17-29(18-16-28)36(34(4,5)6)30-19-21-32(38-7)22-20-30/h8-24H,1-7H3. The van der Waals surface area contributed by atoms with Crippen LogP contribution < -0.4 is 14.5 Å². The van der Waals surface area contributed by atoms with Gasteiger partial charge in [0.2, 0.25) is 0 Å². The van der Waals surface area contributed by atoms with Crippen molar-refractivity contribution in [2.24, 2.45) is 0 Å². The van der Waals surface area contributed by atoms with Gasteiger partial charge in [0.1, 0.15) is 12.0 Å². The van der Waals surface area contributed by atoms with Crippen molar-refractivity contribution in [1.82, 2.24) is 0 Å². The molecule has 0 aliphatic carbocycles. The Balaban J connectivity index is 1.79. The lowest BCUT2D eigenvalue weighted by atomic mass is 9.87. The molecule has 0 aliphatic rings. The number of hydrogen-bond acceptors (Lipinski definition) is 4. The van der Waals surface area contributed by atoms with Crippen molar-refractivity contribution in [3.63, 3.8) is 0 Å². The molecule has 4 aromatic carbocycles. The molecule has 0 N–H and O–H groups in total. The van der Waals surface area contributed by atoms with Crippen molar-refractivity contribution in [3.05, 3.63) is 108 Å². The van der Waals surface area contributed by atoms with Crippen molar-refractivity contribution in [2.75, 3.05) is 16.9 Å². The largest absolute Gasteiger partial charge is 0.497 e. The summed E-state index contributed by atoms with van der Waals surface area (Å²) < 4.78 is 5.37. The molecule has 0 fully saturated rings. The van der Waals surface area contributed by atoms with Gasteiger partial charge in [0, 0.05) is 39.5 Å². The molecule has 0 saturated heterocycles. The molecule has 38 heavy (non-hydrogen) atoms. The van der Waals surface area contributed by atoms with Gasteiger partial charge in [-0.2, -0.15) is 0 Å². The van der Waals surface area contributed by atoms with Crippen molar-refractivity contribution in [3.8, 4) is 5.75 Å². The quantitative estimate of drug-likeness (QED) is 0.234. The molecule has 0 aromatic heterocycles. The molecular weight excluding hydrogens is 468 g/mol. The van der Waals surface area contributed by atoms with E-state index in [2.05, 4.69) is 112 Å². The number of benzene rings is 4. The summed E-state index contributed by atoms with van der Waals surface area (Å²) in [5, 5.41) is 0. The third kappa shape index (κ3) is 5.91. The Labute approximate surface area is 227 Å². The molecule has 4 rings (SSSR count). The molecule has 0 heterocycles. The lowest BCUT2D eigenvalue weighted by molar-refractivity contribution is 0.112. The molecule has 0 spiro atoms. The van der Waals surface area contributed by atoms with E-state index in [4.69, 9.17) is 4.74 Å². The number of hydrogen-bond donors (Lipinski definition) is 0. The van der Waals surface area contributed by atoms with Crippen molar-refractivity contribution >= 4 is 34.7 Å². The van der Waals surface area contributed by atoms with Crippen LogP contribution in [0, 0.1) is 0 Å². The number of rotatable bonds is 7. The molecule has 0 aliphatic heterocycles. The van der Waals surface area contributed by atoms with Gasteiger partial charge in [-0.25, -0.2) is 0 Å². The van der Waals surface area contributed by atoms with Crippen LogP contribution >= 0.6 is 0 Å². The second-order valence-corrected chi connectivity index (χ2v) is 11.6. The zero-order valence-electron chi connectivity index (χ0n) is 23.5. The number of carbonyl (C=O) groups excluding carboxylic acids is 1. The van der Waals surface area contributed by atoms with E-state index < -0.39 is 0 Å². The Morgan fingerprint density at radius 1 is 0.632 bits per heavy atom. The van der Waals surface area contributed by atoms with Crippen LogP contribution in [0.15, 0.2) is 97.1 Å². The molecule has 0 bridgehead atoms. The maximum absolute atomic E-state index is 11.3. The van der Waals surface area contributed by atoms with Crippen LogP contribution in [0.2, 0.25) is 0 Å². The highest BCUT2D eigenvalue weighted by molar-refractivity contribution is 5.81. The van der Waals surface area contributed by atoms with Crippen LogP contribution in [0.1, 0.15) is 57.5 Å². The Morgan fingerprint density at radius 2 is 1.13 bits per heavy atom. The number of ether oxygens (including phenoxy) is 1. The van der Waals surface area contributed by atoms with Crippen LogP contribution in [-0.2, 0) is 5.41 Å².